The van der Waals surface area contributed by atoms with E-state index in [9.17, 15) is 14.4 Å². The number of fused-ring (bicyclic) bond motifs is 1. The number of imide groups is 1. The van der Waals surface area contributed by atoms with Gasteiger partial charge in [-0.05, 0) is 18.2 Å². The molecule has 0 unspecified atom stereocenters. The van der Waals surface area contributed by atoms with Crippen molar-refractivity contribution in [3.05, 3.63) is 77.8 Å². The lowest BCUT2D eigenvalue weighted by Gasteiger charge is -2.11. The lowest BCUT2D eigenvalue weighted by molar-refractivity contribution is -0.123. The van der Waals surface area contributed by atoms with Crippen LogP contribution in [0.4, 0.5) is 4.79 Å². The fraction of sp³-hybridized carbons (Fsp3) is 0.0909. The Morgan fingerprint density at radius 3 is 2.60 bits per heavy atom. The van der Waals surface area contributed by atoms with Crippen LogP contribution in [0.25, 0.3) is 22.2 Å². The predicted octanol–water partition coefficient (Wildman–Crippen LogP) is 3.72. The smallest absolute Gasteiger partial charge is 0.339 e. The topological polar surface area (TPSA) is 97.4 Å². The third-order valence-electron chi connectivity index (χ3n) is 4.08. The van der Waals surface area contributed by atoms with Gasteiger partial charge in [0.25, 0.3) is 5.91 Å². The minimum absolute atomic E-state index is 0.201. The van der Waals surface area contributed by atoms with Gasteiger partial charge in [0.1, 0.15) is 0 Å². The first kappa shape index (κ1) is 21.0. The maximum absolute atomic E-state index is 12.7. The highest BCUT2D eigenvalue weighted by Gasteiger charge is 2.18. The van der Waals surface area contributed by atoms with Crippen LogP contribution in [0.2, 0.25) is 5.02 Å². The molecule has 0 saturated heterocycles. The maximum atomic E-state index is 12.7. The van der Waals surface area contributed by atoms with Crippen LogP contribution in [-0.2, 0) is 9.53 Å². The van der Waals surface area contributed by atoms with Crippen molar-refractivity contribution in [1.29, 1.82) is 0 Å². The van der Waals surface area contributed by atoms with Crippen LogP contribution in [0.1, 0.15) is 10.4 Å². The molecular formula is C22H18ClN3O4. The Hall–Kier alpha value is -3.71. The number of nitrogens with one attached hydrogen (secondary N) is 2. The summed E-state index contributed by atoms with van der Waals surface area (Å²) in [5, 5.41) is 5.51. The van der Waals surface area contributed by atoms with E-state index in [1.807, 2.05) is 6.07 Å². The van der Waals surface area contributed by atoms with E-state index in [1.165, 1.54) is 6.08 Å². The summed E-state index contributed by atoms with van der Waals surface area (Å²) in [5.74, 6) is -1.47. The van der Waals surface area contributed by atoms with Gasteiger partial charge in [-0.2, -0.15) is 0 Å². The number of hydrogen-bond acceptors (Lipinski definition) is 5. The molecule has 3 aromatic rings. The van der Waals surface area contributed by atoms with Gasteiger partial charge < -0.3 is 10.1 Å². The molecular weight excluding hydrogens is 406 g/mol. The molecule has 0 atom stereocenters. The number of aromatic nitrogens is 1. The van der Waals surface area contributed by atoms with Gasteiger partial charge in [0.2, 0.25) is 0 Å². The predicted molar refractivity (Wildman–Crippen MR) is 114 cm³/mol. The Kier molecular flexibility index (Phi) is 6.77. The normalized spacial score (nSPS) is 10.3. The van der Waals surface area contributed by atoms with Crippen molar-refractivity contribution in [1.82, 2.24) is 15.6 Å². The van der Waals surface area contributed by atoms with E-state index in [0.29, 0.717) is 27.2 Å². The van der Waals surface area contributed by atoms with Gasteiger partial charge in [0, 0.05) is 22.5 Å². The minimum Gasteiger partial charge on any atom is -0.452 e. The number of rotatable bonds is 6. The number of esters is 1. The zero-order valence-corrected chi connectivity index (χ0v) is 16.6. The van der Waals surface area contributed by atoms with Crippen molar-refractivity contribution in [3.8, 4) is 11.3 Å². The minimum atomic E-state index is -0.755. The van der Waals surface area contributed by atoms with Gasteiger partial charge in [-0.3, -0.25) is 10.1 Å². The molecule has 0 radical (unpaired) electrons. The van der Waals surface area contributed by atoms with E-state index in [4.69, 9.17) is 16.3 Å². The third kappa shape index (κ3) is 5.01. The second kappa shape index (κ2) is 9.67. The number of carbonyl (C=O) groups excluding carboxylic acids is 3. The fourth-order valence-electron chi connectivity index (χ4n) is 2.73. The van der Waals surface area contributed by atoms with Crippen molar-refractivity contribution in [2.75, 3.05) is 13.2 Å². The molecule has 0 fully saturated rings. The first-order chi connectivity index (χ1) is 14.5. The average molecular weight is 424 g/mol. The molecule has 0 saturated carbocycles. The van der Waals surface area contributed by atoms with Crippen molar-refractivity contribution in [2.45, 2.75) is 0 Å². The van der Waals surface area contributed by atoms with Crippen LogP contribution in [0, 0.1) is 0 Å². The van der Waals surface area contributed by atoms with E-state index < -0.39 is 24.5 Å². The van der Waals surface area contributed by atoms with Crippen LogP contribution in [0.3, 0.4) is 0 Å². The number of carbonyl (C=O) groups is 3. The molecule has 1 aromatic heterocycles. The largest absolute Gasteiger partial charge is 0.452 e. The monoisotopic (exact) mass is 423 g/mol. The summed E-state index contributed by atoms with van der Waals surface area (Å²) in [7, 11) is 0. The number of hydrogen-bond donors (Lipinski definition) is 2. The SMILES string of the molecule is C=CCNC(=O)NC(=O)COC(=O)c1cc(-c2ccccc2Cl)nc2ccccc12. The van der Waals surface area contributed by atoms with Crippen LogP contribution in [-0.4, -0.2) is 36.0 Å². The lowest BCUT2D eigenvalue weighted by atomic mass is 10.0. The zero-order chi connectivity index (χ0) is 21.5. The van der Waals surface area contributed by atoms with Crippen molar-refractivity contribution in [3.63, 3.8) is 0 Å². The first-order valence-corrected chi connectivity index (χ1v) is 9.37. The molecule has 0 aliphatic heterocycles. The molecule has 30 heavy (non-hydrogen) atoms. The summed E-state index contributed by atoms with van der Waals surface area (Å²) in [4.78, 5) is 40.6. The summed E-state index contributed by atoms with van der Waals surface area (Å²) in [5.41, 5.74) is 1.98. The van der Waals surface area contributed by atoms with Gasteiger partial charge in [-0.25, -0.2) is 14.6 Å². The molecule has 3 rings (SSSR count). The second-order valence-electron chi connectivity index (χ2n) is 6.18. The highest BCUT2D eigenvalue weighted by atomic mass is 35.5. The summed E-state index contributed by atoms with van der Waals surface area (Å²) in [6.07, 6.45) is 1.47. The Balaban J connectivity index is 1.83. The Bertz CT molecular complexity index is 1130. The molecule has 0 spiro atoms. The number of benzene rings is 2. The molecule has 2 aromatic carbocycles. The van der Waals surface area contributed by atoms with Crippen LogP contribution in [0.5, 0.6) is 0 Å². The third-order valence-corrected chi connectivity index (χ3v) is 4.41. The van der Waals surface area contributed by atoms with E-state index in [0.717, 1.165) is 0 Å². The molecule has 3 amide bonds. The first-order valence-electron chi connectivity index (χ1n) is 9.00. The van der Waals surface area contributed by atoms with E-state index >= 15 is 0 Å². The number of ether oxygens (including phenoxy) is 1. The lowest BCUT2D eigenvalue weighted by Crippen LogP contribution is -2.41. The molecule has 2 N–H and O–H groups in total. The Labute approximate surface area is 177 Å². The molecule has 0 bridgehead atoms. The number of nitrogens with zero attached hydrogens (tertiary/aromatic N) is 1. The van der Waals surface area contributed by atoms with Gasteiger partial charge in [-0.1, -0.05) is 54.1 Å². The molecule has 1 heterocycles. The average Bonchev–Trinajstić information content (AvgIpc) is 2.75. The molecule has 7 nitrogen and oxygen atoms in total. The van der Waals surface area contributed by atoms with E-state index in [2.05, 4.69) is 22.2 Å². The number of para-hydroxylation sites is 1. The molecule has 152 valence electrons. The van der Waals surface area contributed by atoms with E-state index in [1.54, 1.807) is 48.5 Å². The van der Waals surface area contributed by atoms with Gasteiger partial charge in [0.05, 0.1) is 16.8 Å². The summed E-state index contributed by atoms with van der Waals surface area (Å²) in [6.45, 7) is 3.04. The summed E-state index contributed by atoms with van der Waals surface area (Å²) >= 11 is 6.28. The quantitative estimate of drug-likeness (QED) is 0.465. The molecule has 8 heteroatoms. The van der Waals surface area contributed by atoms with Crippen LogP contribution >= 0.6 is 11.6 Å². The zero-order valence-electron chi connectivity index (χ0n) is 15.9. The molecule has 0 aliphatic rings. The molecule has 0 aliphatic carbocycles. The van der Waals surface area contributed by atoms with Crippen LogP contribution < -0.4 is 10.6 Å². The van der Waals surface area contributed by atoms with E-state index in [-0.39, 0.29) is 12.1 Å². The summed E-state index contributed by atoms with van der Waals surface area (Å²) in [6, 6.07) is 15.1. The van der Waals surface area contributed by atoms with Gasteiger partial charge >= 0.3 is 12.0 Å². The Morgan fingerprint density at radius 2 is 1.83 bits per heavy atom. The summed E-state index contributed by atoms with van der Waals surface area (Å²) < 4.78 is 5.11. The van der Waals surface area contributed by atoms with Gasteiger partial charge in [-0.15, -0.1) is 6.58 Å². The fourth-order valence-corrected chi connectivity index (χ4v) is 2.96. The standard InChI is InChI=1S/C22H18ClN3O4/c1-2-11-24-22(29)26-20(27)13-30-21(28)16-12-19(15-8-3-5-9-17(15)23)25-18-10-6-4-7-14(16)18/h2-10,12H,1,11,13H2,(H2,24,26,27,29). The Morgan fingerprint density at radius 1 is 1.10 bits per heavy atom. The number of halogens is 1. The number of urea groups is 1. The van der Waals surface area contributed by atoms with Crippen molar-refractivity contribution >= 4 is 40.4 Å². The number of pyridine rings is 1. The number of amides is 3. The van der Waals surface area contributed by atoms with Crippen molar-refractivity contribution in [2.24, 2.45) is 0 Å². The van der Waals surface area contributed by atoms with Crippen molar-refractivity contribution < 1.29 is 19.1 Å². The second-order valence-corrected chi connectivity index (χ2v) is 6.58. The highest BCUT2D eigenvalue weighted by molar-refractivity contribution is 6.33. The highest BCUT2D eigenvalue weighted by Crippen LogP contribution is 2.30. The maximum Gasteiger partial charge on any atom is 0.339 e. The van der Waals surface area contributed by atoms with Crippen LogP contribution in [0.15, 0.2) is 67.3 Å². The van der Waals surface area contributed by atoms with Gasteiger partial charge in [0.15, 0.2) is 6.61 Å².